The molecule has 4 heteroatoms. The first kappa shape index (κ1) is 18.9. The van der Waals surface area contributed by atoms with Crippen LogP contribution in [0.5, 0.6) is 5.75 Å². The fourth-order valence-electron chi connectivity index (χ4n) is 4.21. The van der Waals surface area contributed by atoms with E-state index in [9.17, 15) is 4.79 Å². The molecule has 0 aromatic heterocycles. The van der Waals surface area contributed by atoms with E-state index in [4.69, 9.17) is 14.2 Å². The van der Waals surface area contributed by atoms with Gasteiger partial charge in [0.05, 0.1) is 6.61 Å². The van der Waals surface area contributed by atoms with Gasteiger partial charge in [0.25, 0.3) is 0 Å². The lowest BCUT2D eigenvalue weighted by Gasteiger charge is -2.54. The lowest BCUT2D eigenvalue weighted by molar-refractivity contribution is -0.281. The molecule has 1 aromatic carbocycles. The van der Waals surface area contributed by atoms with Crippen LogP contribution in [0.25, 0.3) is 0 Å². The standard InChI is InChI=1S/C20H30O4/c1-14(21)24-16-11-9-10-15(12-16)20(22-8)19(7,17(2,3)4)18(5,6)13-23-20/h9-12H,13H2,1-8H3. The van der Waals surface area contributed by atoms with Crippen LogP contribution in [0, 0.1) is 16.2 Å². The van der Waals surface area contributed by atoms with Crippen molar-refractivity contribution in [1.29, 1.82) is 0 Å². The van der Waals surface area contributed by atoms with Gasteiger partial charge in [0.2, 0.25) is 5.79 Å². The molecule has 2 unspecified atom stereocenters. The smallest absolute Gasteiger partial charge is 0.308 e. The first-order chi connectivity index (χ1) is 10.9. The van der Waals surface area contributed by atoms with Crippen molar-refractivity contribution < 1.29 is 19.0 Å². The Bertz CT molecular complexity index is 629. The van der Waals surface area contributed by atoms with Crippen LogP contribution in [0.3, 0.4) is 0 Å². The summed E-state index contributed by atoms with van der Waals surface area (Å²) in [6.45, 7) is 15.3. The highest BCUT2D eigenvalue weighted by Gasteiger charge is 2.68. The van der Waals surface area contributed by atoms with E-state index >= 15 is 0 Å². The van der Waals surface area contributed by atoms with E-state index in [-0.39, 0.29) is 22.2 Å². The van der Waals surface area contributed by atoms with Crippen LogP contribution in [0.2, 0.25) is 0 Å². The second-order valence-electron chi connectivity index (χ2n) is 8.49. The van der Waals surface area contributed by atoms with Gasteiger partial charge in [-0.25, -0.2) is 0 Å². The number of benzene rings is 1. The Morgan fingerprint density at radius 1 is 1.21 bits per heavy atom. The minimum absolute atomic E-state index is 0.0829. The molecular weight excluding hydrogens is 304 g/mol. The van der Waals surface area contributed by atoms with Gasteiger partial charge < -0.3 is 14.2 Å². The third-order valence-electron chi connectivity index (χ3n) is 5.91. The molecule has 134 valence electrons. The number of esters is 1. The molecule has 2 rings (SSSR count). The summed E-state index contributed by atoms with van der Waals surface area (Å²) in [5, 5.41) is 0. The molecule has 1 aliphatic heterocycles. The molecular formula is C20H30O4. The lowest BCUT2D eigenvalue weighted by Crippen LogP contribution is -2.55. The molecule has 24 heavy (non-hydrogen) atoms. The average Bonchev–Trinajstić information content (AvgIpc) is 2.67. The fraction of sp³-hybridized carbons (Fsp3) is 0.650. The predicted molar refractivity (Wildman–Crippen MR) is 93.7 cm³/mol. The zero-order valence-corrected chi connectivity index (χ0v) is 16.1. The number of ether oxygens (including phenoxy) is 3. The Morgan fingerprint density at radius 3 is 2.33 bits per heavy atom. The van der Waals surface area contributed by atoms with E-state index < -0.39 is 5.79 Å². The minimum Gasteiger partial charge on any atom is -0.427 e. The van der Waals surface area contributed by atoms with Crippen molar-refractivity contribution >= 4 is 5.97 Å². The van der Waals surface area contributed by atoms with Crippen molar-refractivity contribution in [2.45, 2.75) is 54.3 Å². The molecule has 0 bridgehead atoms. The molecule has 2 atom stereocenters. The lowest BCUT2D eigenvalue weighted by atomic mass is 9.51. The van der Waals surface area contributed by atoms with E-state index in [0.717, 1.165) is 5.56 Å². The molecule has 1 fully saturated rings. The van der Waals surface area contributed by atoms with Crippen molar-refractivity contribution in [3.05, 3.63) is 29.8 Å². The highest BCUT2D eigenvalue weighted by Crippen LogP contribution is 2.67. The van der Waals surface area contributed by atoms with Gasteiger partial charge in [-0.1, -0.05) is 53.7 Å². The van der Waals surface area contributed by atoms with Crippen LogP contribution in [0.1, 0.15) is 54.0 Å². The van der Waals surface area contributed by atoms with Gasteiger partial charge in [0, 0.05) is 25.0 Å². The Hall–Kier alpha value is -1.39. The minimum atomic E-state index is -0.912. The Kier molecular flexibility index (Phi) is 4.62. The number of rotatable bonds is 3. The number of carbonyl (C=O) groups excluding carboxylic acids is 1. The highest BCUT2D eigenvalue weighted by atomic mass is 16.7. The summed E-state index contributed by atoms with van der Waals surface area (Å²) < 4.78 is 17.7. The summed E-state index contributed by atoms with van der Waals surface area (Å²) in [5.41, 5.74) is 0.377. The number of hydrogen-bond donors (Lipinski definition) is 0. The summed E-state index contributed by atoms with van der Waals surface area (Å²) in [4.78, 5) is 11.3. The quantitative estimate of drug-likeness (QED) is 0.602. The summed E-state index contributed by atoms with van der Waals surface area (Å²) in [6, 6.07) is 7.45. The van der Waals surface area contributed by atoms with Crippen LogP contribution in [0.4, 0.5) is 0 Å². The summed E-state index contributed by atoms with van der Waals surface area (Å²) in [5.74, 6) is -0.754. The largest absolute Gasteiger partial charge is 0.427 e. The molecule has 0 N–H and O–H groups in total. The molecule has 4 nitrogen and oxygen atoms in total. The third kappa shape index (κ3) is 2.56. The summed E-state index contributed by atoms with van der Waals surface area (Å²) >= 11 is 0. The molecule has 0 aliphatic carbocycles. The number of methoxy groups -OCH3 is 1. The Morgan fingerprint density at radius 2 is 1.83 bits per heavy atom. The third-order valence-corrected chi connectivity index (χ3v) is 5.91. The molecule has 0 saturated carbocycles. The molecule has 1 saturated heterocycles. The Labute approximate surface area is 145 Å². The predicted octanol–water partition coefficient (Wildman–Crippen LogP) is 4.52. The van der Waals surface area contributed by atoms with Crippen molar-refractivity contribution in [3.8, 4) is 5.75 Å². The van der Waals surface area contributed by atoms with Crippen LogP contribution < -0.4 is 4.74 Å². The van der Waals surface area contributed by atoms with E-state index in [1.807, 2.05) is 18.2 Å². The zero-order valence-electron chi connectivity index (χ0n) is 16.1. The van der Waals surface area contributed by atoms with E-state index in [2.05, 4.69) is 41.5 Å². The SMILES string of the molecule is COC1(c2cccc(OC(C)=O)c2)OCC(C)(C)C1(C)C(C)(C)C. The Balaban J connectivity index is 2.66. The normalized spacial score (nSPS) is 29.5. The molecule has 0 amide bonds. The van der Waals surface area contributed by atoms with Crippen molar-refractivity contribution in [1.82, 2.24) is 0 Å². The molecule has 0 spiro atoms. The van der Waals surface area contributed by atoms with Gasteiger partial charge >= 0.3 is 5.97 Å². The first-order valence-electron chi connectivity index (χ1n) is 8.39. The molecule has 1 aliphatic rings. The average molecular weight is 334 g/mol. The van der Waals surface area contributed by atoms with Crippen molar-refractivity contribution in [3.63, 3.8) is 0 Å². The van der Waals surface area contributed by atoms with Crippen LogP contribution in [0.15, 0.2) is 24.3 Å². The van der Waals surface area contributed by atoms with Gasteiger partial charge in [0.1, 0.15) is 5.75 Å². The summed E-state index contributed by atoms with van der Waals surface area (Å²) in [7, 11) is 1.68. The van der Waals surface area contributed by atoms with E-state index in [1.165, 1.54) is 6.92 Å². The maximum Gasteiger partial charge on any atom is 0.308 e. The second-order valence-corrected chi connectivity index (χ2v) is 8.49. The van der Waals surface area contributed by atoms with Gasteiger partial charge in [0.15, 0.2) is 0 Å². The van der Waals surface area contributed by atoms with Crippen LogP contribution in [-0.2, 0) is 20.1 Å². The van der Waals surface area contributed by atoms with Crippen LogP contribution >= 0.6 is 0 Å². The molecule has 0 radical (unpaired) electrons. The van der Waals surface area contributed by atoms with Crippen molar-refractivity contribution in [2.24, 2.45) is 16.2 Å². The topological polar surface area (TPSA) is 44.8 Å². The maximum absolute atomic E-state index is 11.3. The monoisotopic (exact) mass is 334 g/mol. The number of carbonyl (C=O) groups is 1. The zero-order chi connectivity index (χ0) is 18.4. The highest BCUT2D eigenvalue weighted by molar-refractivity contribution is 5.69. The van der Waals surface area contributed by atoms with Crippen molar-refractivity contribution in [2.75, 3.05) is 13.7 Å². The number of hydrogen-bond acceptors (Lipinski definition) is 4. The summed E-state index contributed by atoms with van der Waals surface area (Å²) in [6.07, 6.45) is 0. The first-order valence-corrected chi connectivity index (χ1v) is 8.39. The van der Waals surface area contributed by atoms with E-state index in [0.29, 0.717) is 12.4 Å². The second kappa shape index (κ2) is 5.85. The van der Waals surface area contributed by atoms with Gasteiger partial charge in [-0.05, 0) is 23.0 Å². The van der Waals surface area contributed by atoms with Gasteiger partial charge in [-0.2, -0.15) is 0 Å². The van der Waals surface area contributed by atoms with Gasteiger partial charge in [-0.15, -0.1) is 0 Å². The molecule has 1 aromatic rings. The molecule has 1 heterocycles. The van der Waals surface area contributed by atoms with E-state index in [1.54, 1.807) is 13.2 Å². The maximum atomic E-state index is 11.3. The van der Waals surface area contributed by atoms with Gasteiger partial charge in [-0.3, -0.25) is 4.79 Å². The fourth-order valence-corrected chi connectivity index (χ4v) is 4.21. The van der Waals surface area contributed by atoms with Crippen LogP contribution in [-0.4, -0.2) is 19.7 Å².